The average molecular weight is 450 g/mol. The van der Waals surface area contributed by atoms with Gasteiger partial charge in [-0.3, -0.25) is 4.98 Å². The highest BCUT2D eigenvalue weighted by Gasteiger charge is 2.41. The number of hydrogen-bond acceptors (Lipinski definition) is 6. The fraction of sp³-hybridized carbons (Fsp3) is 0.360. The number of nitrogens with zero attached hydrogens (tertiary/aromatic N) is 3. The number of aromatic nitrogens is 2. The molecule has 1 spiro atoms. The molecule has 2 aliphatic rings. The van der Waals surface area contributed by atoms with Crippen molar-refractivity contribution in [2.45, 2.75) is 44.1 Å². The number of benzene rings is 2. The molecule has 2 aromatic heterocycles. The summed E-state index contributed by atoms with van der Waals surface area (Å²) in [6.45, 7) is 2.08. The molecular weight excluding hydrogens is 425 g/mol. The standard InChI is InChI=1S/C25H24FN3O2S/c26-18-2-5-22-17(13-18)1-3-19(28-22)15-29(21-4-6-23-24(14-21)32-16-27-23)20-7-9-25(10-8-20)30-11-12-31-25/h1-6,13-14,16,20H,7-12,15H2. The molecule has 3 heterocycles. The molecule has 0 radical (unpaired) electrons. The van der Waals surface area contributed by atoms with Crippen LogP contribution in [0.5, 0.6) is 0 Å². The van der Waals surface area contributed by atoms with E-state index in [1.54, 1.807) is 17.4 Å². The molecule has 0 bridgehead atoms. The fourth-order valence-electron chi connectivity index (χ4n) is 4.99. The van der Waals surface area contributed by atoms with Crippen LogP contribution in [0.25, 0.3) is 21.1 Å². The van der Waals surface area contributed by atoms with Crippen molar-refractivity contribution in [1.29, 1.82) is 0 Å². The van der Waals surface area contributed by atoms with E-state index >= 15 is 0 Å². The van der Waals surface area contributed by atoms with Crippen molar-refractivity contribution in [1.82, 2.24) is 9.97 Å². The SMILES string of the molecule is Fc1ccc2nc(CN(c3ccc4ncsc4c3)C3CCC4(CC3)OCCO4)ccc2c1. The zero-order chi connectivity index (χ0) is 21.5. The first-order valence-electron chi connectivity index (χ1n) is 11.1. The highest BCUT2D eigenvalue weighted by Crippen LogP contribution is 2.39. The van der Waals surface area contributed by atoms with E-state index in [2.05, 4.69) is 28.1 Å². The van der Waals surface area contributed by atoms with Gasteiger partial charge < -0.3 is 14.4 Å². The van der Waals surface area contributed by atoms with Gasteiger partial charge in [0.2, 0.25) is 0 Å². The van der Waals surface area contributed by atoms with Crippen molar-refractivity contribution in [3.8, 4) is 0 Å². The highest BCUT2D eigenvalue weighted by atomic mass is 32.1. The molecule has 6 rings (SSSR count). The highest BCUT2D eigenvalue weighted by molar-refractivity contribution is 7.16. The lowest BCUT2D eigenvalue weighted by Crippen LogP contribution is -2.44. The number of hydrogen-bond donors (Lipinski definition) is 0. The summed E-state index contributed by atoms with van der Waals surface area (Å²) in [6.07, 6.45) is 3.81. The van der Waals surface area contributed by atoms with E-state index in [4.69, 9.17) is 14.5 Å². The van der Waals surface area contributed by atoms with Crippen molar-refractivity contribution in [3.05, 3.63) is 65.6 Å². The van der Waals surface area contributed by atoms with Crippen LogP contribution in [-0.4, -0.2) is 35.0 Å². The third-order valence-electron chi connectivity index (χ3n) is 6.66. The summed E-state index contributed by atoms with van der Waals surface area (Å²) in [5.74, 6) is -0.617. The molecule has 0 amide bonds. The molecule has 0 atom stereocenters. The minimum absolute atomic E-state index is 0.237. The lowest BCUT2D eigenvalue weighted by atomic mass is 9.88. The van der Waals surface area contributed by atoms with Crippen LogP contribution in [0.1, 0.15) is 31.4 Å². The molecule has 1 aliphatic carbocycles. The second-order valence-corrected chi connectivity index (χ2v) is 9.50. The van der Waals surface area contributed by atoms with Crippen LogP contribution >= 0.6 is 11.3 Å². The monoisotopic (exact) mass is 449 g/mol. The first-order valence-corrected chi connectivity index (χ1v) is 12.0. The topological polar surface area (TPSA) is 47.5 Å². The Bertz CT molecular complexity index is 1260. The van der Waals surface area contributed by atoms with Gasteiger partial charge in [-0.1, -0.05) is 6.07 Å². The second-order valence-electron chi connectivity index (χ2n) is 8.61. The van der Waals surface area contributed by atoms with E-state index in [9.17, 15) is 4.39 Å². The molecule has 1 saturated carbocycles. The summed E-state index contributed by atoms with van der Waals surface area (Å²) >= 11 is 1.66. The molecule has 164 valence electrons. The molecule has 0 N–H and O–H groups in total. The summed E-state index contributed by atoms with van der Waals surface area (Å²) < 4.78 is 26.7. The van der Waals surface area contributed by atoms with Gasteiger partial charge in [0.25, 0.3) is 0 Å². The van der Waals surface area contributed by atoms with Gasteiger partial charge >= 0.3 is 0 Å². The third kappa shape index (κ3) is 3.74. The first-order chi connectivity index (χ1) is 15.7. The summed E-state index contributed by atoms with van der Waals surface area (Å²) in [5, 5.41) is 0.821. The van der Waals surface area contributed by atoms with Gasteiger partial charge in [0.05, 0.1) is 46.7 Å². The molecule has 32 heavy (non-hydrogen) atoms. The van der Waals surface area contributed by atoms with Gasteiger partial charge in [0, 0.05) is 30.0 Å². The van der Waals surface area contributed by atoms with Crippen molar-refractivity contribution in [3.63, 3.8) is 0 Å². The lowest BCUT2D eigenvalue weighted by molar-refractivity contribution is -0.178. The van der Waals surface area contributed by atoms with Gasteiger partial charge in [-0.15, -0.1) is 11.3 Å². The molecule has 2 aromatic carbocycles. The van der Waals surface area contributed by atoms with E-state index in [1.807, 2.05) is 17.6 Å². The number of ether oxygens (including phenoxy) is 2. The van der Waals surface area contributed by atoms with Gasteiger partial charge in [-0.05, 0) is 55.3 Å². The Balaban J connectivity index is 1.32. The zero-order valence-electron chi connectivity index (χ0n) is 17.7. The van der Waals surface area contributed by atoms with Crippen molar-refractivity contribution < 1.29 is 13.9 Å². The van der Waals surface area contributed by atoms with Gasteiger partial charge in [0.15, 0.2) is 5.79 Å². The Kier molecular flexibility index (Phi) is 5.05. The summed E-state index contributed by atoms with van der Waals surface area (Å²) in [6, 6.07) is 15.6. The smallest absolute Gasteiger partial charge is 0.168 e. The van der Waals surface area contributed by atoms with Crippen molar-refractivity contribution in [2.24, 2.45) is 0 Å². The van der Waals surface area contributed by atoms with Crippen LogP contribution in [0.2, 0.25) is 0 Å². The molecule has 4 aromatic rings. The predicted octanol–water partition coefficient (Wildman–Crippen LogP) is 5.68. The number of thiazole rings is 1. The van der Waals surface area contributed by atoms with Crippen LogP contribution in [0.4, 0.5) is 10.1 Å². The largest absolute Gasteiger partial charge is 0.363 e. The van der Waals surface area contributed by atoms with E-state index in [-0.39, 0.29) is 11.6 Å². The van der Waals surface area contributed by atoms with Crippen LogP contribution < -0.4 is 4.90 Å². The molecular formula is C25H24FN3O2S. The molecule has 7 heteroatoms. The normalized spacial score (nSPS) is 18.7. The van der Waals surface area contributed by atoms with Crippen LogP contribution in [0.15, 0.2) is 54.0 Å². The average Bonchev–Trinajstić information content (AvgIpc) is 3.47. The number of rotatable bonds is 4. The van der Waals surface area contributed by atoms with E-state index in [0.29, 0.717) is 25.8 Å². The van der Waals surface area contributed by atoms with Crippen molar-refractivity contribution in [2.75, 3.05) is 18.1 Å². The van der Waals surface area contributed by atoms with Gasteiger partial charge in [-0.2, -0.15) is 0 Å². The molecule has 2 fully saturated rings. The Labute approximate surface area is 189 Å². The zero-order valence-corrected chi connectivity index (χ0v) is 18.5. The Morgan fingerprint density at radius 1 is 1.00 bits per heavy atom. The Morgan fingerprint density at radius 3 is 2.66 bits per heavy atom. The van der Waals surface area contributed by atoms with Gasteiger partial charge in [0.1, 0.15) is 5.82 Å². The molecule has 1 saturated heterocycles. The quantitative estimate of drug-likeness (QED) is 0.401. The van der Waals surface area contributed by atoms with Crippen molar-refractivity contribution >= 4 is 38.1 Å². The number of halogens is 1. The second kappa shape index (κ2) is 8.06. The minimum Gasteiger partial charge on any atom is -0.363 e. The Morgan fingerprint density at radius 2 is 1.81 bits per heavy atom. The maximum atomic E-state index is 13.6. The Hall–Kier alpha value is -2.61. The van der Waals surface area contributed by atoms with Gasteiger partial charge in [-0.25, -0.2) is 9.37 Å². The predicted molar refractivity (Wildman–Crippen MR) is 124 cm³/mol. The summed E-state index contributed by atoms with van der Waals surface area (Å²) in [5.41, 5.74) is 5.89. The molecule has 0 unspecified atom stereocenters. The number of pyridine rings is 1. The molecule has 5 nitrogen and oxygen atoms in total. The van der Waals surface area contributed by atoms with E-state index in [0.717, 1.165) is 47.8 Å². The van der Waals surface area contributed by atoms with Crippen LogP contribution in [0.3, 0.4) is 0 Å². The number of fused-ring (bicyclic) bond motifs is 2. The van der Waals surface area contributed by atoms with E-state index in [1.165, 1.54) is 22.5 Å². The lowest BCUT2D eigenvalue weighted by Gasteiger charge is -2.41. The van der Waals surface area contributed by atoms with E-state index < -0.39 is 0 Å². The summed E-state index contributed by atoms with van der Waals surface area (Å²) in [4.78, 5) is 11.7. The summed E-state index contributed by atoms with van der Waals surface area (Å²) in [7, 11) is 0. The maximum Gasteiger partial charge on any atom is 0.168 e. The first kappa shape index (κ1) is 20.0. The van der Waals surface area contributed by atoms with Crippen LogP contribution in [0, 0.1) is 5.82 Å². The number of anilines is 1. The maximum absolute atomic E-state index is 13.6. The minimum atomic E-state index is -0.380. The third-order valence-corrected chi connectivity index (χ3v) is 7.45. The molecule has 1 aliphatic heterocycles. The fourth-order valence-corrected chi connectivity index (χ4v) is 5.70. The van der Waals surface area contributed by atoms with Crippen LogP contribution in [-0.2, 0) is 16.0 Å².